The molecule has 0 aliphatic heterocycles. The molecule has 4 heteroatoms. The van der Waals surface area contributed by atoms with E-state index >= 15 is 0 Å². The largest absolute Gasteiger partial charge is 0.385 e. The smallest absolute Gasteiger partial charge is 0.0674 e. The van der Waals surface area contributed by atoms with Crippen molar-refractivity contribution >= 4 is 70.6 Å². The van der Waals surface area contributed by atoms with E-state index in [1.54, 1.807) is 0 Å². The van der Waals surface area contributed by atoms with Gasteiger partial charge in [-0.2, -0.15) is 0 Å². The summed E-state index contributed by atoms with van der Waals surface area (Å²) in [5.74, 6) is 0. The van der Waals surface area contributed by atoms with Crippen LogP contribution in [0.1, 0.15) is 76.1 Å². The van der Waals surface area contributed by atoms with Crippen LogP contribution in [0.5, 0.6) is 0 Å². The number of hydrogen-bond acceptors (Lipinski definition) is 3. The maximum absolute atomic E-state index is 4.15. The average molecular weight is 1120 g/mol. The molecule has 0 spiro atoms. The minimum atomic E-state index is -0.440. The van der Waals surface area contributed by atoms with Crippen molar-refractivity contribution in [1.29, 1.82) is 0 Å². The molecular weight excluding hydrogens is 1050 g/mol. The lowest BCUT2D eigenvalue weighted by atomic mass is 9.83. The Labute approximate surface area is 510 Å². The van der Waals surface area contributed by atoms with E-state index in [1.165, 1.54) is 160 Å². The molecule has 1 heterocycles. The first-order valence-electron chi connectivity index (χ1n) is 31.6. The number of para-hydroxylation sites is 2. The van der Waals surface area contributed by atoms with Crippen molar-refractivity contribution in [3.8, 4) is 72.4 Å². The van der Waals surface area contributed by atoms with Crippen LogP contribution in [0.2, 0.25) is 0 Å². The monoisotopic (exact) mass is 1120 g/mol. The van der Waals surface area contributed by atoms with Crippen LogP contribution in [0.15, 0.2) is 243 Å². The van der Waals surface area contributed by atoms with Gasteiger partial charge in [0.1, 0.15) is 0 Å². The fourth-order valence-electron chi connectivity index (χ4n) is 15.5. The maximum Gasteiger partial charge on any atom is 0.0674 e. The van der Waals surface area contributed by atoms with E-state index in [2.05, 4.69) is 298 Å². The number of nitrogens with zero attached hydrogens (tertiary/aromatic N) is 1. The van der Waals surface area contributed by atoms with Gasteiger partial charge in [0.2, 0.25) is 0 Å². The third-order valence-electron chi connectivity index (χ3n) is 19.6. The minimum absolute atomic E-state index is 0.428. The number of hydrogen-bond donors (Lipinski definition) is 3. The minimum Gasteiger partial charge on any atom is -0.385 e. The number of fused-ring (bicyclic) bond motifs is 13. The first-order chi connectivity index (χ1) is 42.8. The molecule has 4 nitrogen and oxygen atoms in total. The quantitative estimate of drug-likeness (QED) is 0.0951. The molecule has 14 aromatic rings. The zero-order valence-corrected chi connectivity index (χ0v) is 50.3. The van der Waals surface area contributed by atoms with Gasteiger partial charge in [-0.3, -0.25) is 0 Å². The molecule has 422 valence electrons. The van der Waals surface area contributed by atoms with Gasteiger partial charge in [-0.25, -0.2) is 0 Å². The number of anilines is 1. The standard InChI is InChI=1S/C83H70N4/c1-6-45-84-57-39-33-52(34-40-57)78-64-23-9-11-25-66(64)79(67-26-12-10-24-65(67)78)55-37-43-60-58-41-35-53(48-72(58)82(4,74(60)50-55)85-46-7-2)54-36-42-59-61-44-38-56(51-75(61)83(5,73(59)49-54)86-47-8-3)80-68-27-13-15-29-70(68)81(71-30-16-14-28-69(71)80)87-76-31-19-17-21-62(76)63-22-18-20-32-77(63)87/h9-44,48-51,84-86H,6-8,45-47H2,1-5H3. The Morgan fingerprint density at radius 1 is 0.299 bits per heavy atom. The molecule has 1 aromatic heterocycles. The van der Waals surface area contributed by atoms with Crippen LogP contribution in [-0.4, -0.2) is 24.2 Å². The van der Waals surface area contributed by atoms with Gasteiger partial charge in [-0.15, -0.1) is 0 Å². The van der Waals surface area contributed by atoms with Crippen molar-refractivity contribution in [1.82, 2.24) is 15.2 Å². The molecule has 0 fully saturated rings. The molecule has 0 saturated carbocycles. The molecule has 0 radical (unpaired) electrons. The SMILES string of the molecule is CCCNc1ccc(-c2c3ccccc3c(-c3ccc4c(c3)C(C)(NCCC)c3cc(-c5ccc6c(c5)C(C)(NCCC)c5cc(-c7c8ccccc8c(-n8c9ccccc9c9ccccc98)c8ccccc78)ccc5-6)ccc3-4)c3ccccc23)cc1. The zero-order valence-electron chi connectivity index (χ0n) is 50.3. The molecule has 2 aliphatic rings. The molecule has 13 aromatic carbocycles. The Bertz CT molecular complexity index is 4930. The van der Waals surface area contributed by atoms with Crippen LogP contribution in [0.25, 0.3) is 137 Å². The highest BCUT2D eigenvalue weighted by molar-refractivity contribution is 6.23. The van der Waals surface area contributed by atoms with E-state index in [9.17, 15) is 0 Å². The third-order valence-corrected chi connectivity index (χ3v) is 19.6. The molecule has 0 amide bonds. The van der Waals surface area contributed by atoms with Crippen LogP contribution in [0.4, 0.5) is 5.69 Å². The summed E-state index contributed by atoms with van der Waals surface area (Å²) in [6.45, 7) is 14.4. The number of nitrogens with one attached hydrogen (secondary N) is 3. The second-order valence-electron chi connectivity index (χ2n) is 24.7. The summed E-state index contributed by atoms with van der Waals surface area (Å²) in [7, 11) is 0. The van der Waals surface area contributed by atoms with Crippen LogP contribution in [0.3, 0.4) is 0 Å². The lowest BCUT2D eigenvalue weighted by Crippen LogP contribution is -2.39. The summed E-state index contributed by atoms with van der Waals surface area (Å²) in [5.41, 5.74) is 24.4. The van der Waals surface area contributed by atoms with E-state index in [0.717, 1.165) is 44.6 Å². The molecule has 87 heavy (non-hydrogen) atoms. The van der Waals surface area contributed by atoms with Gasteiger partial charge in [0.15, 0.2) is 0 Å². The van der Waals surface area contributed by atoms with Crippen molar-refractivity contribution in [2.75, 3.05) is 25.0 Å². The summed E-state index contributed by atoms with van der Waals surface area (Å²) < 4.78 is 2.51. The summed E-state index contributed by atoms with van der Waals surface area (Å²) in [4.78, 5) is 0. The first kappa shape index (κ1) is 52.9. The number of aromatic nitrogens is 1. The highest BCUT2D eigenvalue weighted by Gasteiger charge is 2.42. The zero-order chi connectivity index (χ0) is 58.5. The Morgan fingerprint density at radius 3 is 0.977 bits per heavy atom. The molecule has 3 N–H and O–H groups in total. The van der Waals surface area contributed by atoms with E-state index in [4.69, 9.17) is 0 Å². The van der Waals surface area contributed by atoms with E-state index in [0.29, 0.717) is 0 Å². The van der Waals surface area contributed by atoms with E-state index < -0.39 is 11.1 Å². The molecule has 2 atom stereocenters. The number of benzene rings is 13. The molecular formula is C83H70N4. The van der Waals surface area contributed by atoms with Gasteiger partial charge < -0.3 is 20.5 Å². The highest BCUT2D eigenvalue weighted by atomic mass is 15.0. The second kappa shape index (κ2) is 20.8. The van der Waals surface area contributed by atoms with Crippen LogP contribution in [0, 0.1) is 0 Å². The van der Waals surface area contributed by atoms with Gasteiger partial charge in [0.05, 0.1) is 27.8 Å². The predicted octanol–water partition coefficient (Wildman–Crippen LogP) is 21.4. The summed E-state index contributed by atoms with van der Waals surface area (Å²) in [5, 5.41) is 24.4. The van der Waals surface area contributed by atoms with Crippen LogP contribution in [-0.2, 0) is 11.1 Å². The maximum atomic E-state index is 4.15. The van der Waals surface area contributed by atoms with Gasteiger partial charge in [-0.1, -0.05) is 215 Å². The third kappa shape index (κ3) is 8.11. The summed E-state index contributed by atoms with van der Waals surface area (Å²) >= 11 is 0. The molecule has 2 aliphatic carbocycles. The second-order valence-corrected chi connectivity index (χ2v) is 24.7. The molecule has 0 saturated heterocycles. The molecule has 0 bridgehead atoms. The summed E-state index contributed by atoms with van der Waals surface area (Å²) in [6, 6.07) is 92.1. The molecule has 16 rings (SSSR count). The fourth-order valence-corrected chi connectivity index (χ4v) is 15.5. The first-order valence-corrected chi connectivity index (χ1v) is 31.6. The topological polar surface area (TPSA) is 41.0 Å². The van der Waals surface area contributed by atoms with Crippen molar-refractivity contribution in [2.45, 2.75) is 65.0 Å². The van der Waals surface area contributed by atoms with Crippen LogP contribution < -0.4 is 16.0 Å². The van der Waals surface area contributed by atoms with Crippen molar-refractivity contribution in [3.05, 3.63) is 265 Å². The lowest BCUT2D eigenvalue weighted by Gasteiger charge is -2.30. The van der Waals surface area contributed by atoms with Crippen molar-refractivity contribution in [2.24, 2.45) is 0 Å². The Kier molecular flexibility index (Phi) is 12.7. The Hall–Kier alpha value is -9.58. The van der Waals surface area contributed by atoms with Gasteiger partial charge >= 0.3 is 0 Å². The lowest BCUT2D eigenvalue weighted by molar-refractivity contribution is 0.448. The number of rotatable bonds is 14. The van der Waals surface area contributed by atoms with Crippen molar-refractivity contribution in [3.63, 3.8) is 0 Å². The van der Waals surface area contributed by atoms with Crippen LogP contribution >= 0.6 is 0 Å². The average Bonchev–Trinajstić information content (AvgIpc) is 1.76. The predicted molar refractivity (Wildman–Crippen MR) is 372 cm³/mol. The normalized spacial score (nSPS) is 15.9. The van der Waals surface area contributed by atoms with E-state index in [-0.39, 0.29) is 0 Å². The van der Waals surface area contributed by atoms with Gasteiger partial charge in [0, 0.05) is 33.8 Å². The summed E-state index contributed by atoms with van der Waals surface area (Å²) in [6.07, 6.45) is 3.15. The van der Waals surface area contributed by atoms with Gasteiger partial charge in [-0.05, 0) is 216 Å². The van der Waals surface area contributed by atoms with Crippen molar-refractivity contribution < 1.29 is 0 Å². The molecule has 2 unspecified atom stereocenters. The van der Waals surface area contributed by atoms with E-state index in [1.807, 2.05) is 0 Å². The van der Waals surface area contributed by atoms with Gasteiger partial charge in [0.25, 0.3) is 0 Å². The fraction of sp³-hybridized carbons (Fsp3) is 0.157. The Morgan fingerprint density at radius 2 is 0.598 bits per heavy atom. The Balaban J connectivity index is 0.794. The highest BCUT2D eigenvalue weighted by Crippen LogP contribution is 2.55.